The second kappa shape index (κ2) is 10.8. The molecule has 4 heterocycles. The molecule has 1 atom stereocenters. The van der Waals surface area contributed by atoms with Gasteiger partial charge in [0, 0.05) is 49.1 Å². The molecule has 0 radical (unpaired) electrons. The second-order valence-electron chi connectivity index (χ2n) is 10.7. The fourth-order valence-corrected chi connectivity index (χ4v) is 4.99. The first kappa shape index (κ1) is 27.2. The molecule has 3 aromatic heterocycles. The van der Waals surface area contributed by atoms with Crippen LogP contribution in [0.1, 0.15) is 12.5 Å². The van der Waals surface area contributed by atoms with Crippen molar-refractivity contribution >= 4 is 45.2 Å². The van der Waals surface area contributed by atoms with E-state index in [0.717, 1.165) is 11.1 Å². The van der Waals surface area contributed by atoms with Crippen LogP contribution in [0.2, 0.25) is 0 Å². The van der Waals surface area contributed by atoms with Crippen LogP contribution in [0.5, 0.6) is 11.5 Å². The van der Waals surface area contributed by atoms with Crippen molar-refractivity contribution in [3.05, 3.63) is 72.0 Å². The third-order valence-electron chi connectivity index (χ3n) is 7.27. The number of rotatable bonds is 7. The summed E-state index contributed by atoms with van der Waals surface area (Å²) >= 11 is 0. The van der Waals surface area contributed by atoms with Crippen LogP contribution in [0.15, 0.2) is 60.6 Å². The van der Waals surface area contributed by atoms with Gasteiger partial charge in [-0.15, -0.1) is 5.10 Å². The van der Waals surface area contributed by atoms with Gasteiger partial charge < -0.3 is 15.0 Å². The van der Waals surface area contributed by atoms with E-state index in [0.29, 0.717) is 58.2 Å². The molecular weight excluding hydrogens is 537 g/mol. The van der Waals surface area contributed by atoms with E-state index in [1.165, 1.54) is 12.4 Å². The number of amides is 1. The number of hydrogen-bond donors (Lipinski definition) is 1. The molecular formula is C30H30FN9O2. The highest BCUT2D eigenvalue weighted by Gasteiger charge is 2.34. The van der Waals surface area contributed by atoms with E-state index in [-0.39, 0.29) is 17.5 Å². The predicted molar refractivity (Wildman–Crippen MR) is 158 cm³/mol. The van der Waals surface area contributed by atoms with Gasteiger partial charge in [0.1, 0.15) is 40.8 Å². The highest BCUT2D eigenvalue weighted by Crippen LogP contribution is 2.34. The molecule has 1 fully saturated rings. The smallest absolute Gasteiger partial charge is 0.255 e. The van der Waals surface area contributed by atoms with Crippen molar-refractivity contribution in [1.29, 1.82) is 0 Å². The number of likely N-dealkylation sites (N-methyl/N-ethyl adjacent to an activating group) is 1. The van der Waals surface area contributed by atoms with Crippen molar-refractivity contribution in [2.45, 2.75) is 13.8 Å². The molecule has 1 saturated heterocycles. The molecule has 0 saturated carbocycles. The average molecular weight is 568 g/mol. The van der Waals surface area contributed by atoms with Gasteiger partial charge in [0.2, 0.25) is 0 Å². The van der Waals surface area contributed by atoms with Crippen LogP contribution >= 0.6 is 0 Å². The normalized spacial score (nSPS) is 16.4. The van der Waals surface area contributed by atoms with Gasteiger partial charge in [-0.25, -0.2) is 24.0 Å². The Morgan fingerprint density at radius 3 is 2.79 bits per heavy atom. The minimum absolute atomic E-state index is 0.0694. The first-order valence-electron chi connectivity index (χ1n) is 13.5. The first-order valence-corrected chi connectivity index (χ1v) is 13.5. The lowest BCUT2D eigenvalue weighted by Crippen LogP contribution is -2.26. The molecule has 0 spiro atoms. The van der Waals surface area contributed by atoms with Gasteiger partial charge in [0.25, 0.3) is 5.91 Å². The molecule has 0 aliphatic carbocycles. The van der Waals surface area contributed by atoms with E-state index in [4.69, 9.17) is 4.74 Å². The maximum Gasteiger partial charge on any atom is 0.255 e. The summed E-state index contributed by atoms with van der Waals surface area (Å²) in [5.41, 5.74) is 3.82. The summed E-state index contributed by atoms with van der Waals surface area (Å²) in [6.07, 6.45) is 4.96. The van der Waals surface area contributed by atoms with Gasteiger partial charge in [-0.2, -0.15) is 0 Å². The highest BCUT2D eigenvalue weighted by atomic mass is 19.1. The van der Waals surface area contributed by atoms with E-state index in [1.54, 1.807) is 40.0 Å². The topological polar surface area (TPSA) is 114 Å². The van der Waals surface area contributed by atoms with E-state index < -0.39 is 5.82 Å². The standard InChI is InChI=1S/C30H30FN9O2/c1-17-10-23(22(31)13-27(17)42-19-6-7-26-24(11-19)36-37-39(26)5)35-29-21-12-28(32-14-25(21)33-16-34-29)40-15-18(2)20(30(40)41)8-9-38(3)4/h6-8,10-14,16,18H,9,15H2,1-5H3,(H,33,34,35)/b20-8+/t18-/m1/s1. The Kier molecular flexibility index (Phi) is 6.99. The summed E-state index contributed by atoms with van der Waals surface area (Å²) in [7, 11) is 5.74. The Bertz CT molecular complexity index is 1870. The summed E-state index contributed by atoms with van der Waals surface area (Å²) in [4.78, 5) is 30.1. The van der Waals surface area contributed by atoms with Crippen molar-refractivity contribution < 1.29 is 13.9 Å². The summed E-state index contributed by atoms with van der Waals surface area (Å²) in [6.45, 7) is 5.07. The third kappa shape index (κ3) is 5.12. The van der Waals surface area contributed by atoms with Gasteiger partial charge in [-0.1, -0.05) is 18.2 Å². The number of aryl methyl sites for hydroxylation is 2. The summed E-state index contributed by atoms with van der Waals surface area (Å²) in [5, 5.41) is 11.8. The van der Waals surface area contributed by atoms with Gasteiger partial charge in [-0.05, 0) is 50.8 Å². The molecule has 214 valence electrons. The van der Waals surface area contributed by atoms with E-state index >= 15 is 4.39 Å². The number of anilines is 3. The minimum Gasteiger partial charge on any atom is -0.457 e. The monoisotopic (exact) mass is 567 g/mol. The van der Waals surface area contributed by atoms with Crippen molar-refractivity contribution in [1.82, 2.24) is 34.8 Å². The average Bonchev–Trinajstić information content (AvgIpc) is 3.47. The largest absolute Gasteiger partial charge is 0.457 e. The number of nitrogens with zero attached hydrogens (tertiary/aromatic N) is 8. The number of pyridine rings is 1. The van der Waals surface area contributed by atoms with Gasteiger partial charge in [0.15, 0.2) is 0 Å². The lowest BCUT2D eigenvalue weighted by Gasteiger charge is -2.16. The molecule has 5 aromatic rings. The molecule has 1 amide bonds. The quantitative estimate of drug-likeness (QED) is 0.278. The maximum absolute atomic E-state index is 15.4. The van der Waals surface area contributed by atoms with Crippen molar-refractivity contribution in [2.75, 3.05) is 37.4 Å². The van der Waals surface area contributed by atoms with Gasteiger partial charge >= 0.3 is 0 Å². The number of ether oxygens (including phenoxy) is 1. The molecule has 1 aliphatic rings. The zero-order valence-corrected chi connectivity index (χ0v) is 24.0. The second-order valence-corrected chi connectivity index (χ2v) is 10.7. The molecule has 1 aliphatic heterocycles. The Balaban J connectivity index is 1.27. The first-order chi connectivity index (χ1) is 20.2. The zero-order chi connectivity index (χ0) is 29.5. The van der Waals surface area contributed by atoms with Crippen molar-refractivity contribution in [3.8, 4) is 11.5 Å². The number of benzene rings is 2. The number of halogens is 1. The molecule has 1 N–H and O–H groups in total. The van der Waals surface area contributed by atoms with Crippen LogP contribution in [0.3, 0.4) is 0 Å². The molecule has 0 bridgehead atoms. The van der Waals surface area contributed by atoms with Crippen LogP contribution in [0.25, 0.3) is 21.9 Å². The number of fused-ring (bicyclic) bond motifs is 2. The molecule has 11 nitrogen and oxygen atoms in total. The number of nitrogens with one attached hydrogen (secondary N) is 1. The lowest BCUT2D eigenvalue weighted by atomic mass is 10.0. The molecule has 42 heavy (non-hydrogen) atoms. The number of carbonyl (C=O) groups excluding carboxylic acids is 1. The lowest BCUT2D eigenvalue weighted by molar-refractivity contribution is -0.114. The molecule has 2 aromatic carbocycles. The maximum atomic E-state index is 15.4. The van der Waals surface area contributed by atoms with Crippen LogP contribution in [0.4, 0.5) is 21.7 Å². The van der Waals surface area contributed by atoms with Crippen LogP contribution in [-0.4, -0.2) is 67.9 Å². The zero-order valence-electron chi connectivity index (χ0n) is 24.0. The number of hydrogen-bond acceptors (Lipinski definition) is 9. The van der Waals surface area contributed by atoms with Crippen LogP contribution < -0.4 is 15.0 Å². The predicted octanol–water partition coefficient (Wildman–Crippen LogP) is 4.76. The molecule has 0 unspecified atom stereocenters. The van der Waals surface area contributed by atoms with Crippen LogP contribution in [-0.2, 0) is 11.8 Å². The van der Waals surface area contributed by atoms with Crippen molar-refractivity contribution in [2.24, 2.45) is 13.0 Å². The Morgan fingerprint density at radius 1 is 1.14 bits per heavy atom. The van der Waals surface area contributed by atoms with Crippen LogP contribution in [0, 0.1) is 18.7 Å². The van der Waals surface area contributed by atoms with Gasteiger partial charge in [-0.3, -0.25) is 9.69 Å². The third-order valence-corrected chi connectivity index (χ3v) is 7.27. The summed E-state index contributed by atoms with van der Waals surface area (Å²) in [6, 6.07) is 10.2. The Labute approximate surface area is 241 Å². The summed E-state index contributed by atoms with van der Waals surface area (Å²) in [5.74, 6) is 1.27. The molecule has 6 rings (SSSR count). The fourth-order valence-electron chi connectivity index (χ4n) is 4.99. The van der Waals surface area contributed by atoms with E-state index in [2.05, 4.69) is 30.6 Å². The minimum atomic E-state index is -0.517. The number of carbonyl (C=O) groups is 1. The van der Waals surface area contributed by atoms with E-state index in [1.807, 2.05) is 52.0 Å². The Hall–Kier alpha value is -4.97. The highest BCUT2D eigenvalue weighted by molar-refractivity contribution is 6.09. The fraction of sp³-hybridized carbons (Fsp3) is 0.267. The summed E-state index contributed by atoms with van der Waals surface area (Å²) < 4.78 is 23.0. The van der Waals surface area contributed by atoms with E-state index in [9.17, 15) is 4.79 Å². The number of aromatic nitrogens is 6. The SMILES string of the molecule is Cc1cc(Nc2ncnc3cnc(N4C[C@@H](C)/C(=C\CN(C)C)C4=O)cc23)c(F)cc1Oc1ccc2c(c1)nnn2C. The van der Waals surface area contributed by atoms with Gasteiger partial charge in [0.05, 0.1) is 22.9 Å². The molecule has 12 heteroatoms. The van der Waals surface area contributed by atoms with Crippen molar-refractivity contribution in [3.63, 3.8) is 0 Å². The Morgan fingerprint density at radius 2 is 1.98 bits per heavy atom.